The van der Waals surface area contributed by atoms with E-state index in [-0.39, 0.29) is 24.4 Å². The largest absolute Gasteiger partial charge is 0.444 e. The number of pyridine rings is 1. The number of likely N-dealkylation sites (tertiary alicyclic amines) is 1. The maximum Gasteiger partial charge on any atom is 0.408 e. The van der Waals surface area contributed by atoms with Crippen LogP contribution in [0, 0.1) is 5.92 Å². The highest BCUT2D eigenvalue weighted by Gasteiger charge is 2.35. The third-order valence-corrected chi connectivity index (χ3v) is 8.82. The van der Waals surface area contributed by atoms with Crippen molar-refractivity contribution in [3.05, 3.63) is 60.3 Å². The number of aromatic nitrogens is 4. The molecule has 0 unspecified atom stereocenters. The number of benzene rings is 1. The molecule has 2 N–H and O–H groups in total. The molecule has 2 atom stereocenters. The maximum atomic E-state index is 13.9. The van der Waals surface area contributed by atoms with Crippen LogP contribution in [0.15, 0.2) is 54.7 Å². The summed E-state index contributed by atoms with van der Waals surface area (Å²) in [5.74, 6) is 1.07. The zero-order valence-electron chi connectivity index (χ0n) is 28.7. The number of fused-ring (bicyclic) bond motifs is 2. The number of carbonyl (C=O) groups excluding carboxylic acids is 3. The number of ether oxygens (including phenoxy) is 1. The van der Waals surface area contributed by atoms with Crippen molar-refractivity contribution < 1.29 is 19.1 Å². The molecule has 1 aliphatic heterocycles. The van der Waals surface area contributed by atoms with Gasteiger partial charge in [0.05, 0.1) is 28.8 Å². The molecular formula is C36H46N8O4. The van der Waals surface area contributed by atoms with Crippen molar-refractivity contribution in [3.63, 3.8) is 0 Å². The molecule has 6 rings (SSSR count). The zero-order valence-corrected chi connectivity index (χ0v) is 28.7. The first kappa shape index (κ1) is 33.2. The lowest BCUT2D eigenvalue weighted by Gasteiger charge is -2.39. The number of aryl methyl sites for hydroxylation is 1. The number of rotatable bonds is 9. The van der Waals surface area contributed by atoms with Crippen LogP contribution in [0.3, 0.4) is 0 Å². The first-order valence-electron chi connectivity index (χ1n) is 16.7. The molecule has 254 valence electrons. The summed E-state index contributed by atoms with van der Waals surface area (Å²) in [5, 5.41) is 7.00. The Morgan fingerprint density at radius 3 is 2.58 bits per heavy atom. The number of piperidine rings is 1. The Labute approximate surface area is 281 Å². The van der Waals surface area contributed by atoms with Crippen LogP contribution in [0.5, 0.6) is 0 Å². The quantitative estimate of drug-likeness (QED) is 0.257. The van der Waals surface area contributed by atoms with Gasteiger partial charge in [0.25, 0.3) is 5.91 Å². The molecule has 1 saturated heterocycles. The fourth-order valence-electron chi connectivity index (χ4n) is 6.28. The minimum atomic E-state index is -0.693. The fourth-order valence-corrected chi connectivity index (χ4v) is 6.28. The summed E-state index contributed by atoms with van der Waals surface area (Å²) in [6.07, 6.45) is 7.44. The molecule has 0 bridgehead atoms. The molecule has 2 aliphatic rings. The van der Waals surface area contributed by atoms with Crippen LogP contribution in [-0.2, 0) is 23.1 Å². The summed E-state index contributed by atoms with van der Waals surface area (Å²) in [6, 6.07) is 10.9. The van der Waals surface area contributed by atoms with Crippen molar-refractivity contribution in [1.29, 1.82) is 0 Å². The topological polar surface area (TPSA) is 127 Å². The second-order valence-electron chi connectivity index (χ2n) is 14.3. The normalized spacial score (nSPS) is 18.6. The van der Waals surface area contributed by atoms with Gasteiger partial charge in [-0.3, -0.25) is 9.59 Å². The number of alkyl carbamates (subject to hydrolysis) is 1. The van der Waals surface area contributed by atoms with Crippen molar-refractivity contribution in [2.45, 2.75) is 64.3 Å². The van der Waals surface area contributed by atoms with Gasteiger partial charge in [0.2, 0.25) is 5.91 Å². The molecular weight excluding hydrogens is 608 g/mol. The van der Waals surface area contributed by atoms with Gasteiger partial charge in [-0.15, -0.1) is 0 Å². The standard InChI is InChI=1S/C36H46N8O4/c1-36(2,3)48-35(47)40-28-22-43(18-15-26(28)38-31(45)10-8-17-41(4)5)34(46)25-13-14-29-27(19-25)39-33(42(29)6)30-20-24-9-7-16-37-32(24)44(30)21-23-11-12-23/h7-10,13-14,16,19-20,23,26,28H,11-12,15,17-18,21-22H2,1-6H3,(H,38,45)(H,40,47)/b10-8+/t26-,28+/m0/s1. The van der Waals surface area contributed by atoms with Crippen LogP contribution in [0.2, 0.25) is 0 Å². The van der Waals surface area contributed by atoms with Gasteiger partial charge in [-0.2, -0.15) is 0 Å². The van der Waals surface area contributed by atoms with Gasteiger partial charge in [0, 0.05) is 56.4 Å². The second kappa shape index (κ2) is 13.4. The van der Waals surface area contributed by atoms with Gasteiger partial charge < -0.3 is 34.3 Å². The molecule has 1 saturated carbocycles. The lowest BCUT2D eigenvalue weighted by molar-refractivity contribution is -0.117. The highest BCUT2D eigenvalue weighted by Crippen LogP contribution is 2.36. The van der Waals surface area contributed by atoms with E-state index >= 15 is 0 Å². The van der Waals surface area contributed by atoms with Crippen LogP contribution in [0.4, 0.5) is 4.79 Å². The Balaban J connectivity index is 1.23. The first-order chi connectivity index (χ1) is 22.9. The molecule has 4 heterocycles. The van der Waals surface area contributed by atoms with Gasteiger partial charge in [-0.05, 0) is 96.4 Å². The number of carbonyl (C=O) groups is 3. The number of nitrogens with one attached hydrogen (secondary N) is 2. The van der Waals surface area contributed by atoms with E-state index in [9.17, 15) is 14.4 Å². The van der Waals surface area contributed by atoms with E-state index in [0.29, 0.717) is 31.0 Å². The number of amides is 3. The van der Waals surface area contributed by atoms with Crippen molar-refractivity contribution >= 4 is 40.0 Å². The SMILES string of the molecule is CN(C)C/C=C/C(=O)N[C@H]1CCN(C(=O)c2ccc3c(c2)nc(-c2cc4cccnc4n2CC2CC2)n3C)C[C@H]1NC(=O)OC(C)(C)C. The van der Waals surface area contributed by atoms with E-state index in [1.165, 1.54) is 18.9 Å². The Morgan fingerprint density at radius 1 is 1.06 bits per heavy atom. The zero-order chi connectivity index (χ0) is 34.2. The first-order valence-corrected chi connectivity index (χ1v) is 16.7. The maximum absolute atomic E-state index is 13.9. The molecule has 1 aliphatic carbocycles. The molecule has 12 nitrogen and oxygen atoms in total. The molecule has 12 heteroatoms. The predicted molar refractivity (Wildman–Crippen MR) is 185 cm³/mol. The van der Waals surface area contributed by atoms with E-state index in [0.717, 1.165) is 40.1 Å². The molecule has 48 heavy (non-hydrogen) atoms. The van der Waals surface area contributed by atoms with Gasteiger partial charge in [0.1, 0.15) is 11.2 Å². The van der Waals surface area contributed by atoms with Crippen molar-refractivity contribution in [2.24, 2.45) is 13.0 Å². The number of likely N-dealkylation sites (N-methyl/N-ethyl adjacent to an activating group) is 1. The van der Waals surface area contributed by atoms with E-state index in [1.807, 2.05) is 56.5 Å². The van der Waals surface area contributed by atoms with Crippen LogP contribution in [0.1, 0.15) is 50.4 Å². The Morgan fingerprint density at radius 2 is 1.85 bits per heavy atom. The van der Waals surface area contributed by atoms with Gasteiger partial charge in [0.15, 0.2) is 5.82 Å². The lowest BCUT2D eigenvalue weighted by atomic mass is 9.98. The Hall–Kier alpha value is -4.71. The molecule has 1 aromatic carbocycles. The summed E-state index contributed by atoms with van der Waals surface area (Å²) in [7, 11) is 5.85. The van der Waals surface area contributed by atoms with Crippen LogP contribution < -0.4 is 10.6 Å². The van der Waals surface area contributed by atoms with Gasteiger partial charge >= 0.3 is 6.09 Å². The molecule has 4 aromatic rings. The lowest BCUT2D eigenvalue weighted by Crippen LogP contribution is -2.61. The fraction of sp³-hybridized carbons (Fsp3) is 0.472. The number of nitrogens with zero attached hydrogens (tertiary/aromatic N) is 6. The predicted octanol–water partition coefficient (Wildman–Crippen LogP) is 4.34. The Bertz CT molecular complexity index is 1860. The number of hydrogen-bond acceptors (Lipinski definition) is 7. The molecule has 2 fully saturated rings. The van der Waals surface area contributed by atoms with Gasteiger partial charge in [-0.25, -0.2) is 14.8 Å². The average Bonchev–Trinajstić information content (AvgIpc) is 3.69. The number of hydrogen-bond donors (Lipinski definition) is 2. The summed E-state index contributed by atoms with van der Waals surface area (Å²) in [4.78, 5) is 52.8. The number of imidazole rings is 1. The van der Waals surface area contributed by atoms with E-state index < -0.39 is 17.7 Å². The van der Waals surface area contributed by atoms with Crippen molar-refractivity contribution in [3.8, 4) is 11.5 Å². The van der Waals surface area contributed by atoms with E-state index in [1.54, 1.807) is 31.7 Å². The van der Waals surface area contributed by atoms with Crippen LogP contribution in [0.25, 0.3) is 33.6 Å². The third-order valence-electron chi connectivity index (χ3n) is 8.82. The van der Waals surface area contributed by atoms with E-state index in [4.69, 9.17) is 9.72 Å². The minimum absolute atomic E-state index is 0.164. The summed E-state index contributed by atoms with van der Waals surface area (Å²) < 4.78 is 9.86. The summed E-state index contributed by atoms with van der Waals surface area (Å²) in [6.45, 7) is 7.54. The minimum Gasteiger partial charge on any atom is -0.444 e. The second-order valence-corrected chi connectivity index (χ2v) is 14.3. The molecule has 0 radical (unpaired) electrons. The molecule has 3 amide bonds. The monoisotopic (exact) mass is 654 g/mol. The summed E-state index contributed by atoms with van der Waals surface area (Å²) >= 11 is 0. The highest BCUT2D eigenvalue weighted by atomic mass is 16.6. The highest BCUT2D eigenvalue weighted by molar-refractivity contribution is 5.98. The van der Waals surface area contributed by atoms with Crippen molar-refractivity contribution in [1.82, 2.24) is 39.5 Å². The molecule has 3 aromatic heterocycles. The van der Waals surface area contributed by atoms with Crippen LogP contribution in [-0.4, -0.2) is 98.2 Å². The third kappa shape index (κ3) is 7.54. The Kier molecular flexibility index (Phi) is 9.28. The van der Waals surface area contributed by atoms with E-state index in [2.05, 4.69) is 36.9 Å². The summed E-state index contributed by atoms with van der Waals surface area (Å²) in [5.41, 5.74) is 3.44. The van der Waals surface area contributed by atoms with Crippen LogP contribution >= 0.6 is 0 Å². The smallest absolute Gasteiger partial charge is 0.408 e. The molecule has 0 spiro atoms. The van der Waals surface area contributed by atoms with Gasteiger partial charge in [-0.1, -0.05) is 6.08 Å². The average molecular weight is 655 g/mol. The van der Waals surface area contributed by atoms with Crippen molar-refractivity contribution in [2.75, 3.05) is 33.7 Å².